The van der Waals surface area contributed by atoms with Crippen LogP contribution in [0.3, 0.4) is 0 Å². The molecule has 2 aromatic heterocycles. The van der Waals surface area contributed by atoms with E-state index in [1.54, 1.807) is 4.57 Å². The Balaban J connectivity index is 1.64. The Morgan fingerprint density at radius 1 is 1.12 bits per heavy atom. The first-order valence-electron chi connectivity index (χ1n) is 9.91. The van der Waals surface area contributed by atoms with Crippen molar-refractivity contribution in [2.75, 3.05) is 37.2 Å². The minimum absolute atomic E-state index is 0.162. The minimum atomic E-state index is -0.162. The fourth-order valence-corrected chi connectivity index (χ4v) is 3.50. The normalized spacial score (nSPS) is 15.6. The largest absolute Gasteiger partial charge is 0.382 e. The average Bonchev–Trinajstić information content (AvgIpc) is 2.96. The van der Waals surface area contributed by atoms with E-state index in [-0.39, 0.29) is 5.69 Å². The highest BCUT2D eigenvalue weighted by Crippen LogP contribution is 2.17. The first kappa shape index (κ1) is 18.7. The second kappa shape index (κ2) is 9.02. The smallest absolute Gasteiger partial charge is 0.327 e. The molecule has 144 valence electrons. The zero-order valence-electron chi connectivity index (χ0n) is 15.8. The van der Waals surface area contributed by atoms with Gasteiger partial charge in [0, 0.05) is 13.1 Å². The second-order valence-corrected chi connectivity index (χ2v) is 7.10. The van der Waals surface area contributed by atoms with Crippen LogP contribution in [0, 0.1) is 0 Å². The lowest BCUT2D eigenvalue weighted by Crippen LogP contribution is -2.30. The Morgan fingerprint density at radius 2 is 1.88 bits per heavy atom. The summed E-state index contributed by atoms with van der Waals surface area (Å²) < 4.78 is 1.69. The summed E-state index contributed by atoms with van der Waals surface area (Å²) in [6.45, 7) is 7.11. The summed E-state index contributed by atoms with van der Waals surface area (Å²) in [7, 11) is 0. The van der Waals surface area contributed by atoms with Gasteiger partial charge in [-0.25, -0.2) is 4.79 Å². The van der Waals surface area contributed by atoms with Crippen molar-refractivity contribution in [2.45, 2.75) is 58.4 Å². The molecule has 3 rings (SSSR count). The summed E-state index contributed by atoms with van der Waals surface area (Å²) >= 11 is 0. The Bertz CT molecular complexity index is 761. The molecule has 1 aliphatic rings. The number of likely N-dealkylation sites (tertiary alicyclic amines) is 1. The number of nitrogen functional groups attached to an aromatic ring is 1. The molecule has 0 spiro atoms. The summed E-state index contributed by atoms with van der Waals surface area (Å²) in [6.07, 6.45) is 8.15. The van der Waals surface area contributed by atoms with E-state index in [0.717, 1.165) is 38.8 Å². The predicted octanol–water partition coefficient (Wildman–Crippen LogP) is 2.18. The molecule has 0 radical (unpaired) electrons. The number of anilines is 2. The monoisotopic (exact) mass is 361 g/mol. The second-order valence-electron chi connectivity index (χ2n) is 7.10. The number of nitrogens with zero attached hydrogens (tertiary/aromatic N) is 4. The Morgan fingerprint density at radius 3 is 2.65 bits per heavy atom. The Labute approximate surface area is 154 Å². The van der Waals surface area contributed by atoms with Gasteiger partial charge in [-0.1, -0.05) is 19.8 Å². The molecule has 4 N–H and O–H groups in total. The third-order valence-corrected chi connectivity index (χ3v) is 5.02. The van der Waals surface area contributed by atoms with E-state index in [0.29, 0.717) is 29.5 Å². The quantitative estimate of drug-likeness (QED) is 0.591. The highest BCUT2D eigenvalue weighted by molar-refractivity contribution is 5.82. The number of hydrogen-bond donors (Lipinski definition) is 3. The molecule has 0 amide bonds. The number of nitrogens with two attached hydrogens (primary N) is 1. The van der Waals surface area contributed by atoms with Gasteiger partial charge in [0.25, 0.3) is 0 Å². The van der Waals surface area contributed by atoms with Crippen molar-refractivity contribution >= 4 is 22.9 Å². The van der Waals surface area contributed by atoms with Crippen molar-refractivity contribution in [3.05, 3.63) is 10.5 Å². The standard InChI is InChI=1S/C18H31N7O/c1-2-3-9-20-17-22-15(19)14-16(23-17)25(18(26)21-14)13-8-7-12-24-10-5-4-6-11-24/h2-13H2,1H3,(H,21,26)(H3,19,20,22,23). The van der Waals surface area contributed by atoms with E-state index in [4.69, 9.17) is 5.73 Å². The molecule has 8 heteroatoms. The fourth-order valence-electron chi connectivity index (χ4n) is 3.50. The third kappa shape index (κ3) is 4.55. The number of aryl methyl sites for hydroxylation is 1. The highest BCUT2D eigenvalue weighted by Gasteiger charge is 2.14. The topological polar surface area (TPSA) is 105 Å². The van der Waals surface area contributed by atoms with Crippen molar-refractivity contribution in [1.29, 1.82) is 0 Å². The minimum Gasteiger partial charge on any atom is -0.382 e. The first-order valence-corrected chi connectivity index (χ1v) is 9.91. The molecule has 0 aliphatic carbocycles. The summed E-state index contributed by atoms with van der Waals surface area (Å²) in [5.74, 6) is 0.808. The molecule has 3 heterocycles. The molecule has 0 unspecified atom stereocenters. The lowest BCUT2D eigenvalue weighted by Gasteiger charge is -2.26. The maximum Gasteiger partial charge on any atom is 0.327 e. The fraction of sp³-hybridized carbons (Fsp3) is 0.722. The molecule has 0 aromatic carbocycles. The maximum absolute atomic E-state index is 12.3. The first-order chi connectivity index (χ1) is 12.7. The number of unbranched alkanes of at least 4 members (excludes halogenated alkanes) is 2. The van der Waals surface area contributed by atoms with Crippen molar-refractivity contribution in [3.63, 3.8) is 0 Å². The van der Waals surface area contributed by atoms with E-state index in [1.165, 1.54) is 32.4 Å². The maximum atomic E-state index is 12.3. The molecular formula is C18H31N7O. The average molecular weight is 361 g/mol. The van der Waals surface area contributed by atoms with Gasteiger partial charge in [0.05, 0.1) is 0 Å². The molecule has 1 fully saturated rings. The van der Waals surface area contributed by atoms with Crippen LogP contribution >= 0.6 is 0 Å². The van der Waals surface area contributed by atoms with Gasteiger partial charge in [-0.3, -0.25) is 4.57 Å². The van der Waals surface area contributed by atoms with Crippen molar-refractivity contribution in [1.82, 2.24) is 24.4 Å². The van der Waals surface area contributed by atoms with E-state index in [9.17, 15) is 4.79 Å². The van der Waals surface area contributed by atoms with Crippen LogP contribution in [0.5, 0.6) is 0 Å². The van der Waals surface area contributed by atoms with E-state index >= 15 is 0 Å². The van der Waals surface area contributed by atoms with Gasteiger partial charge in [0.1, 0.15) is 5.52 Å². The summed E-state index contributed by atoms with van der Waals surface area (Å²) in [6, 6.07) is 0. The molecule has 1 aliphatic heterocycles. The molecule has 0 bridgehead atoms. The predicted molar refractivity (Wildman–Crippen MR) is 105 cm³/mol. The SMILES string of the molecule is CCCCNc1nc(N)c2[nH]c(=O)n(CCCCN3CCCCC3)c2n1. The van der Waals surface area contributed by atoms with Crippen LogP contribution in [0.1, 0.15) is 51.9 Å². The number of nitrogens with one attached hydrogen (secondary N) is 2. The Kier molecular flexibility index (Phi) is 6.49. The van der Waals surface area contributed by atoms with Crippen molar-refractivity contribution in [2.24, 2.45) is 0 Å². The molecule has 1 saturated heterocycles. The van der Waals surface area contributed by atoms with Gasteiger partial charge < -0.3 is 20.9 Å². The Hall–Kier alpha value is -2.09. The van der Waals surface area contributed by atoms with Crippen molar-refractivity contribution in [3.8, 4) is 0 Å². The number of aromatic nitrogens is 4. The number of aromatic amines is 1. The van der Waals surface area contributed by atoms with Gasteiger partial charge in [0.2, 0.25) is 5.95 Å². The molecule has 2 aromatic rings. The number of H-pyrrole nitrogens is 1. The lowest BCUT2D eigenvalue weighted by molar-refractivity contribution is 0.223. The number of rotatable bonds is 9. The van der Waals surface area contributed by atoms with E-state index in [2.05, 4.69) is 32.1 Å². The zero-order chi connectivity index (χ0) is 18.4. The van der Waals surface area contributed by atoms with Gasteiger partial charge in [-0.05, 0) is 51.7 Å². The molecule has 26 heavy (non-hydrogen) atoms. The van der Waals surface area contributed by atoms with Crippen LogP contribution in [0.15, 0.2) is 4.79 Å². The molecule has 0 atom stereocenters. The third-order valence-electron chi connectivity index (χ3n) is 5.02. The van der Waals surface area contributed by atoms with Crippen LogP contribution in [0.4, 0.5) is 11.8 Å². The molecular weight excluding hydrogens is 330 g/mol. The molecule has 0 saturated carbocycles. The summed E-state index contributed by atoms with van der Waals surface area (Å²) in [5.41, 5.74) is 6.98. The van der Waals surface area contributed by atoms with Gasteiger partial charge in [-0.15, -0.1) is 0 Å². The number of piperidine rings is 1. The summed E-state index contributed by atoms with van der Waals surface area (Å²) in [4.78, 5) is 26.4. The van der Waals surface area contributed by atoms with Crippen LogP contribution in [-0.4, -0.2) is 50.6 Å². The van der Waals surface area contributed by atoms with Crippen LogP contribution < -0.4 is 16.7 Å². The lowest BCUT2D eigenvalue weighted by atomic mass is 10.1. The molecule has 8 nitrogen and oxygen atoms in total. The van der Waals surface area contributed by atoms with Crippen LogP contribution in [0.25, 0.3) is 11.2 Å². The van der Waals surface area contributed by atoms with E-state index in [1.807, 2.05) is 0 Å². The van der Waals surface area contributed by atoms with Gasteiger partial charge in [-0.2, -0.15) is 9.97 Å². The number of hydrogen-bond acceptors (Lipinski definition) is 6. The highest BCUT2D eigenvalue weighted by atomic mass is 16.1. The number of imidazole rings is 1. The zero-order valence-corrected chi connectivity index (χ0v) is 15.8. The number of fused-ring (bicyclic) bond motifs is 1. The van der Waals surface area contributed by atoms with E-state index < -0.39 is 0 Å². The van der Waals surface area contributed by atoms with Gasteiger partial charge in [0.15, 0.2) is 11.5 Å². The van der Waals surface area contributed by atoms with Crippen LogP contribution in [0.2, 0.25) is 0 Å². The van der Waals surface area contributed by atoms with Crippen LogP contribution in [-0.2, 0) is 6.54 Å². The summed E-state index contributed by atoms with van der Waals surface area (Å²) in [5, 5.41) is 3.19. The van der Waals surface area contributed by atoms with Crippen molar-refractivity contribution < 1.29 is 0 Å². The van der Waals surface area contributed by atoms with Gasteiger partial charge >= 0.3 is 5.69 Å².